The van der Waals surface area contributed by atoms with E-state index in [1.165, 1.54) is 29.8 Å². The standard InChI is InChI=1S/C24H26F2N2O4S/c1-15(14-29)22-13-27-23(33-22)19(11-16-7-9-28(30)10-8-16)17-5-6-20(32-24(25)26)21(12-17)31-18-3-2-4-18/h5-10,12-13,15,18-19,24,29H,2-4,11,14H2,1H3. The molecule has 2 atom stereocenters. The van der Waals surface area contributed by atoms with Crippen LogP contribution in [0.4, 0.5) is 8.78 Å². The summed E-state index contributed by atoms with van der Waals surface area (Å²) < 4.78 is 37.3. The number of thiazole rings is 1. The number of rotatable bonds is 10. The van der Waals surface area contributed by atoms with Crippen LogP contribution in [0.1, 0.15) is 59.0 Å². The molecule has 0 radical (unpaired) electrons. The van der Waals surface area contributed by atoms with Crippen LogP contribution in [0.3, 0.4) is 0 Å². The molecule has 3 aromatic rings. The van der Waals surface area contributed by atoms with Gasteiger partial charge in [0.1, 0.15) is 5.01 Å². The number of aliphatic hydroxyl groups excluding tert-OH is 1. The summed E-state index contributed by atoms with van der Waals surface area (Å²) >= 11 is 1.51. The van der Waals surface area contributed by atoms with Gasteiger partial charge in [0.05, 0.1) is 12.7 Å². The minimum Gasteiger partial charge on any atom is -0.619 e. The van der Waals surface area contributed by atoms with Crippen LogP contribution in [0.5, 0.6) is 11.5 Å². The van der Waals surface area contributed by atoms with Crippen molar-refractivity contribution in [1.82, 2.24) is 4.98 Å². The Morgan fingerprint density at radius 2 is 1.97 bits per heavy atom. The first-order valence-corrected chi connectivity index (χ1v) is 11.7. The lowest BCUT2D eigenvalue weighted by atomic mass is 9.92. The Morgan fingerprint density at radius 3 is 2.61 bits per heavy atom. The maximum absolute atomic E-state index is 13.0. The minimum atomic E-state index is -2.94. The second-order valence-corrected chi connectivity index (χ2v) is 9.36. The predicted molar refractivity (Wildman–Crippen MR) is 120 cm³/mol. The summed E-state index contributed by atoms with van der Waals surface area (Å²) in [4.78, 5) is 5.58. The predicted octanol–water partition coefficient (Wildman–Crippen LogP) is 4.78. The zero-order valence-corrected chi connectivity index (χ0v) is 19.0. The first-order valence-electron chi connectivity index (χ1n) is 10.9. The highest BCUT2D eigenvalue weighted by atomic mass is 32.1. The molecule has 2 unspecified atom stereocenters. The highest BCUT2D eigenvalue weighted by molar-refractivity contribution is 7.11. The highest BCUT2D eigenvalue weighted by Crippen LogP contribution is 2.39. The summed E-state index contributed by atoms with van der Waals surface area (Å²) in [6, 6.07) is 8.54. The molecule has 1 aliphatic carbocycles. The fourth-order valence-electron chi connectivity index (χ4n) is 3.64. The third-order valence-electron chi connectivity index (χ3n) is 5.84. The van der Waals surface area contributed by atoms with Crippen molar-refractivity contribution in [3.63, 3.8) is 0 Å². The van der Waals surface area contributed by atoms with E-state index in [9.17, 15) is 19.1 Å². The van der Waals surface area contributed by atoms with Crippen LogP contribution in [0.25, 0.3) is 0 Å². The van der Waals surface area contributed by atoms with Gasteiger partial charge in [-0.15, -0.1) is 11.3 Å². The monoisotopic (exact) mass is 476 g/mol. The van der Waals surface area contributed by atoms with Crippen molar-refractivity contribution >= 4 is 11.3 Å². The van der Waals surface area contributed by atoms with Gasteiger partial charge in [-0.05, 0) is 48.9 Å². The minimum absolute atomic E-state index is 0.00258. The molecule has 0 aliphatic heterocycles. The van der Waals surface area contributed by atoms with Crippen molar-refractivity contribution < 1.29 is 28.1 Å². The molecular formula is C24H26F2N2O4S. The van der Waals surface area contributed by atoms with Crippen LogP contribution < -0.4 is 14.2 Å². The van der Waals surface area contributed by atoms with Gasteiger partial charge >= 0.3 is 6.61 Å². The first-order chi connectivity index (χ1) is 15.9. The second-order valence-electron chi connectivity index (χ2n) is 8.26. The van der Waals surface area contributed by atoms with E-state index in [0.29, 0.717) is 12.2 Å². The number of alkyl halides is 2. The lowest BCUT2D eigenvalue weighted by molar-refractivity contribution is -0.605. The number of ether oxygens (including phenoxy) is 2. The highest BCUT2D eigenvalue weighted by Gasteiger charge is 2.25. The normalized spacial score (nSPS) is 15.8. The van der Waals surface area contributed by atoms with E-state index in [2.05, 4.69) is 4.98 Å². The zero-order chi connectivity index (χ0) is 23.4. The third-order valence-corrected chi connectivity index (χ3v) is 7.18. The Kier molecular flexibility index (Phi) is 7.39. The van der Waals surface area contributed by atoms with Crippen molar-refractivity contribution in [2.75, 3.05) is 6.61 Å². The number of nitrogens with zero attached hydrogens (tertiary/aromatic N) is 2. The number of aliphatic hydroxyl groups is 1. The first kappa shape index (κ1) is 23.4. The Morgan fingerprint density at radius 1 is 1.21 bits per heavy atom. The van der Waals surface area contributed by atoms with Crippen LogP contribution in [0.15, 0.2) is 48.9 Å². The summed E-state index contributed by atoms with van der Waals surface area (Å²) in [7, 11) is 0. The van der Waals surface area contributed by atoms with E-state index in [1.807, 2.05) is 6.92 Å². The summed E-state index contributed by atoms with van der Waals surface area (Å²) in [5.41, 5.74) is 1.79. The van der Waals surface area contributed by atoms with E-state index in [0.717, 1.165) is 45.0 Å². The summed E-state index contributed by atoms with van der Waals surface area (Å²) in [5, 5.41) is 21.8. The van der Waals surface area contributed by atoms with Gasteiger partial charge in [0, 0.05) is 35.0 Å². The van der Waals surface area contributed by atoms with E-state index in [1.54, 1.807) is 30.5 Å². The maximum atomic E-state index is 13.0. The molecule has 1 N–H and O–H groups in total. The van der Waals surface area contributed by atoms with E-state index < -0.39 is 6.61 Å². The average Bonchev–Trinajstić information content (AvgIpc) is 3.26. The number of halogens is 2. The molecule has 33 heavy (non-hydrogen) atoms. The quantitative estimate of drug-likeness (QED) is 0.337. The van der Waals surface area contributed by atoms with E-state index in [4.69, 9.17) is 9.47 Å². The summed E-state index contributed by atoms with van der Waals surface area (Å²) in [5.74, 6) is 0.0857. The largest absolute Gasteiger partial charge is 0.619 e. The van der Waals surface area contributed by atoms with Crippen LogP contribution in [-0.4, -0.2) is 29.4 Å². The number of hydrogen-bond acceptors (Lipinski definition) is 6. The molecule has 1 aromatic carbocycles. The van der Waals surface area contributed by atoms with Crippen molar-refractivity contribution in [3.05, 3.63) is 75.1 Å². The number of pyridine rings is 1. The topological polar surface area (TPSA) is 78.5 Å². The number of hydrogen-bond donors (Lipinski definition) is 1. The Labute approximate surface area is 195 Å². The van der Waals surface area contributed by atoms with Crippen LogP contribution in [-0.2, 0) is 6.42 Å². The van der Waals surface area contributed by atoms with E-state index >= 15 is 0 Å². The van der Waals surface area contributed by atoms with Gasteiger partial charge in [-0.3, -0.25) is 0 Å². The smallest absolute Gasteiger partial charge is 0.387 e. The molecule has 0 bridgehead atoms. The van der Waals surface area contributed by atoms with Gasteiger partial charge in [0.25, 0.3) is 0 Å². The SMILES string of the molecule is CC(CO)c1cnc(C(Cc2cc[n+]([O-])cc2)c2ccc(OC(F)F)c(OC3CCC3)c2)s1. The zero-order valence-electron chi connectivity index (χ0n) is 18.2. The van der Waals surface area contributed by atoms with Crippen molar-refractivity contribution in [2.24, 2.45) is 0 Å². The molecule has 176 valence electrons. The van der Waals surface area contributed by atoms with Gasteiger partial charge in [0.15, 0.2) is 23.9 Å². The lowest BCUT2D eigenvalue weighted by Crippen LogP contribution is -2.25. The summed E-state index contributed by atoms with van der Waals surface area (Å²) in [6.45, 7) is -0.995. The van der Waals surface area contributed by atoms with Crippen molar-refractivity contribution in [1.29, 1.82) is 0 Å². The fourth-order valence-corrected chi connectivity index (χ4v) is 4.73. The summed E-state index contributed by atoms with van der Waals surface area (Å²) in [6.07, 6.45) is 8.03. The van der Waals surface area contributed by atoms with Gasteiger partial charge < -0.3 is 19.8 Å². The van der Waals surface area contributed by atoms with Gasteiger partial charge in [0.2, 0.25) is 0 Å². The molecule has 1 aliphatic rings. The van der Waals surface area contributed by atoms with Crippen molar-refractivity contribution in [3.8, 4) is 11.5 Å². The van der Waals surface area contributed by atoms with Gasteiger partial charge in [-0.2, -0.15) is 13.5 Å². The fraction of sp³-hybridized carbons (Fsp3) is 0.417. The Bertz CT molecular complexity index is 1060. The van der Waals surface area contributed by atoms with Crippen LogP contribution in [0.2, 0.25) is 0 Å². The molecule has 6 nitrogen and oxygen atoms in total. The molecule has 0 spiro atoms. The van der Waals surface area contributed by atoms with Gasteiger partial charge in [-0.1, -0.05) is 13.0 Å². The number of aromatic nitrogens is 2. The van der Waals surface area contributed by atoms with Gasteiger partial charge in [-0.25, -0.2) is 4.98 Å². The Balaban J connectivity index is 1.71. The van der Waals surface area contributed by atoms with Crippen LogP contribution >= 0.6 is 11.3 Å². The molecule has 0 saturated heterocycles. The lowest BCUT2D eigenvalue weighted by Gasteiger charge is -2.28. The molecule has 2 heterocycles. The molecule has 2 aromatic heterocycles. The second kappa shape index (κ2) is 10.4. The van der Waals surface area contributed by atoms with E-state index in [-0.39, 0.29) is 30.3 Å². The average molecular weight is 477 g/mol. The molecule has 1 fully saturated rings. The molecular weight excluding hydrogens is 450 g/mol. The molecule has 9 heteroatoms. The molecule has 1 saturated carbocycles. The third kappa shape index (κ3) is 5.78. The van der Waals surface area contributed by atoms with Crippen LogP contribution in [0, 0.1) is 5.21 Å². The van der Waals surface area contributed by atoms with Crippen molar-refractivity contribution in [2.45, 2.75) is 57.2 Å². The maximum Gasteiger partial charge on any atom is 0.387 e. The Hall–Kier alpha value is -2.78. The molecule has 4 rings (SSSR count). The molecule has 0 amide bonds. The number of benzene rings is 1.